The third-order valence-electron chi connectivity index (χ3n) is 4.36. The highest BCUT2D eigenvalue weighted by Crippen LogP contribution is 2.35. The summed E-state index contributed by atoms with van der Waals surface area (Å²) in [6.45, 7) is 7.50. The van der Waals surface area contributed by atoms with Crippen molar-refractivity contribution in [2.45, 2.75) is 20.8 Å². The molecule has 1 saturated heterocycles. The van der Waals surface area contributed by atoms with Crippen LogP contribution < -0.4 is 4.90 Å². The second-order valence-corrected chi connectivity index (χ2v) is 6.13. The number of rotatable bonds is 2. The summed E-state index contributed by atoms with van der Waals surface area (Å²) in [6.07, 6.45) is 4.10. The van der Waals surface area contributed by atoms with Crippen LogP contribution >= 0.6 is 12.2 Å². The zero-order valence-corrected chi connectivity index (χ0v) is 14.8. The van der Waals surface area contributed by atoms with Crippen molar-refractivity contribution < 1.29 is 4.79 Å². The first kappa shape index (κ1) is 15.7. The molecule has 2 heterocycles. The van der Waals surface area contributed by atoms with Gasteiger partial charge in [0.05, 0.1) is 5.70 Å². The number of amides is 1. The predicted molar refractivity (Wildman–Crippen MR) is 98.0 cm³/mol. The van der Waals surface area contributed by atoms with Gasteiger partial charge in [-0.2, -0.15) is 0 Å². The lowest BCUT2D eigenvalue weighted by atomic mass is 10.0. The average Bonchev–Trinajstić information content (AvgIpc) is 2.75. The van der Waals surface area contributed by atoms with Gasteiger partial charge in [-0.1, -0.05) is 17.7 Å². The molecule has 120 valence electrons. The van der Waals surface area contributed by atoms with E-state index in [9.17, 15) is 4.79 Å². The van der Waals surface area contributed by atoms with E-state index in [0.29, 0.717) is 17.4 Å². The van der Waals surface area contributed by atoms with Crippen molar-refractivity contribution >= 4 is 35.0 Å². The van der Waals surface area contributed by atoms with Gasteiger partial charge in [-0.25, -0.2) is 0 Å². The van der Waals surface area contributed by atoms with Crippen molar-refractivity contribution in [2.24, 2.45) is 0 Å². The Kier molecular flexibility index (Phi) is 3.98. The molecule has 0 radical (unpaired) electrons. The van der Waals surface area contributed by atoms with Crippen LogP contribution in [0.1, 0.15) is 25.0 Å². The second-order valence-electron chi connectivity index (χ2n) is 5.76. The molecule has 23 heavy (non-hydrogen) atoms. The number of aryl methyl sites for hydroxylation is 1. The number of thiocarbonyl (C=S) groups is 1. The van der Waals surface area contributed by atoms with Gasteiger partial charge < -0.3 is 9.80 Å². The van der Waals surface area contributed by atoms with E-state index in [4.69, 9.17) is 12.2 Å². The summed E-state index contributed by atoms with van der Waals surface area (Å²) in [6, 6.07) is 6.39. The SMILES string of the molecule is CCN1C(=O)/C(=C2\C=Cc3cc(C)ccc3N2CC)N(C)C1=S. The minimum absolute atomic E-state index is 0.0198. The number of likely N-dealkylation sites (N-methyl/N-ethyl adjacent to an activating group) is 3. The number of benzene rings is 1. The maximum absolute atomic E-state index is 12.8. The average molecular weight is 327 g/mol. The quantitative estimate of drug-likeness (QED) is 0.616. The minimum atomic E-state index is -0.0198. The van der Waals surface area contributed by atoms with E-state index in [-0.39, 0.29) is 5.91 Å². The van der Waals surface area contributed by atoms with Gasteiger partial charge in [-0.3, -0.25) is 9.69 Å². The van der Waals surface area contributed by atoms with Crippen molar-refractivity contribution in [3.05, 3.63) is 46.8 Å². The summed E-state index contributed by atoms with van der Waals surface area (Å²) in [7, 11) is 1.87. The summed E-state index contributed by atoms with van der Waals surface area (Å²) in [5.41, 5.74) is 5.10. The Balaban J connectivity index is 2.16. The Bertz CT molecular complexity index is 751. The molecule has 0 spiro atoms. The van der Waals surface area contributed by atoms with Crippen LogP contribution in [-0.4, -0.2) is 41.0 Å². The van der Waals surface area contributed by atoms with Crippen LogP contribution in [0.15, 0.2) is 35.7 Å². The highest BCUT2D eigenvalue weighted by molar-refractivity contribution is 7.80. The fourth-order valence-electron chi connectivity index (χ4n) is 3.18. The number of carbonyl (C=O) groups excluding carboxylic acids is 1. The van der Waals surface area contributed by atoms with Crippen molar-refractivity contribution in [3.63, 3.8) is 0 Å². The van der Waals surface area contributed by atoms with Crippen LogP contribution in [0.25, 0.3) is 6.08 Å². The lowest BCUT2D eigenvalue weighted by Gasteiger charge is -2.31. The maximum Gasteiger partial charge on any atom is 0.278 e. The predicted octanol–water partition coefficient (Wildman–Crippen LogP) is 3.14. The monoisotopic (exact) mass is 327 g/mol. The lowest BCUT2D eigenvalue weighted by Crippen LogP contribution is -2.30. The number of anilines is 1. The van der Waals surface area contributed by atoms with E-state index in [1.165, 1.54) is 11.1 Å². The molecule has 1 aromatic carbocycles. The molecule has 1 fully saturated rings. The Morgan fingerprint density at radius 1 is 1.09 bits per heavy atom. The highest BCUT2D eigenvalue weighted by atomic mass is 32.1. The number of hydrogen-bond donors (Lipinski definition) is 0. The Morgan fingerprint density at radius 2 is 1.78 bits per heavy atom. The maximum atomic E-state index is 12.8. The third-order valence-corrected chi connectivity index (χ3v) is 4.86. The molecule has 5 heteroatoms. The summed E-state index contributed by atoms with van der Waals surface area (Å²) >= 11 is 5.41. The third kappa shape index (κ3) is 2.36. The first-order chi connectivity index (χ1) is 11.0. The highest BCUT2D eigenvalue weighted by Gasteiger charge is 2.38. The molecular formula is C18H21N3OS. The molecule has 0 N–H and O–H groups in total. The Morgan fingerprint density at radius 3 is 2.39 bits per heavy atom. The molecule has 4 nitrogen and oxygen atoms in total. The minimum Gasteiger partial charge on any atom is -0.339 e. The number of nitrogens with zero attached hydrogens (tertiary/aromatic N) is 3. The first-order valence-electron chi connectivity index (χ1n) is 7.89. The lowest BCUT2D eigenvalue weighted by molar-refractivity contribution is -0.122. The zero-order valence-electron chi connectivity index (χ0n) is 14.0. The Labute approximate surface area is 142 Å². The van der Waals surface area contributed by atoms with Crippen LogP contribution in [0.5, 0.6) is 0 Å². The summed E-state index contributed by atoms with van der Waals surface area (Å²) < 4.78 is 0. The molecular weight excluding hydrogens is 306 g/mol. The van der Waals surface area contributed by atoms with Gasteiger partial charge in [-0.15, -0.1) is 0 Å². The van der Waals surface area contributed by atoms with Gasteiger partial charge in [0.25, 0.3) is 5.91 Å². The van der Waals surface area contributed by atoms with Crippen LogP contribution in [-0.2, 0) is 4.79 Å². The molecule has 0 atom stereocenters. The molecule has 0 aliphatic carbocycles. The number of carbonyl (C=O) groups is 1. The van der Waals surface area contributed by atoms with E-state index < -0.39 is 0 Å². The van der Waals surface area contributed by atoms with Gasteiger partial charge in [0, 0.05) is 25.8 Å². The molecule has 2 aliphatic heterocycles. The molecule has 1 aromatic rings. The summed E-state index contributed by atoms with van der Waals surface area (Å²) in [4.78, 5) is 18.4. The summed E-state index contributed by atoms with van der Waals surface area (Å²) in [5, 5.41) is 0.569. The van der Waals surface area contributed by atoms with Crippen LogP contribution in [0.4, 0.5) is 5.69 Å². The summed E-state index contributed by atoms with van der Waals surface area (Å²) in [5.74, 6) is -0.0198. The van der Waals surface area contributed by atoms with Crippen LogP contribution in [0, 0.1) is 6.92 Å². The zero-order chi connectivity index (χ0) is 16.7. The molecule has 0 saturated carbocycles. The fourth-order valence-corrected chi connectivity index (χ4v) is 3.49. The Hall–Kier alpha value is -2.14. The normalized spacial score (nSPS) is 20.6. The number of hydrogen-bond acceptors (Lipinski definition) is 3. The van der Waals surface area contributed by atoms with Gasteiger partial charge in [-0.05, 0) is 56.8 Å². The standard InChI is InChI=1S/C18H21N3OS/c1-5-20-14-9-7-12(3)11-13(14)8-10-15(20)16-17(22)21(6-2)18(23)19(16)4/h7-11H,5-6H2,1-4H3/b16-15-. The topological polar surface area (TPSA) is 26.8 Å². The van der Waals surface area contributed by atoms with Gasteiger partial charge in [0.15, 0.2) is 5.11 Å². The van der Waals surface area contributed by atoms with E-state index in [0.717, 1.165) is 17.9 Å². The van der Waals surface area contributed by atoms with Gasteiger partial charge in [0.2, 0.25) is 0 Å². The van der Waals surface area contributed by atoms with Crippen molar-refractivity contribution in [2.75, 3.05) is 25.0 Å². The molecule has 3 rings (SSSR count). The van der Waals surface area contributed by atoms with Gasteiger partial charge >= 0.3 is 0 Å². The van der Waals surface area contributed by atoms with E-state index >= 15 is 0 Å². The molecule has 2 aliphatic rings. The molecule has 1 amide bonds. The van der Waals surface area contributed by atoms with E-state index in [2.05, 4.69) is 43.0 Å². The molecule has 0 bridgehead atoms. The smallest absolute Gasteiger partial charge is 0.278 e. The fraction of sp³-hybridized carbons (Fsp3) is 0.333. The van der Waals surface area contributed by atoms with E-state index in [1.807, 2.05) is 24.9 Å². The van der Waals surface area contributed by atoms with Gasteiger partial charge in [0.1, 0.15) is 5.70 Å². The number of fused-ring (bicyclic) bond motifs is 1. The van der Waals surface area contributed by atoms with Crippen molar-refractivity contribution in [1.29, 1.82) is 0 Å². The van der Waals surface area contributed by atoms with Crippen molar-refractivity contribution in [1.82, 2.24) is 9.80 Å². The first-order valence-corrected chi connectivity index (χ1v) is 8.30. The van der Waals surface area contributed by atoms with Crippen molar-refractivity contribution in [3.8, 4) is 0 Å². The molecule has 0 unspecified atom stereocenters. The van der Waals surface area contributed by atoms with Crippen LogP contribution in [0.2, 0.25) is 0 Å². The van der Waals surface area contributed by atoms with E-state index in [1.54, 1.807) is 4.90 Å². The number of allylic oxidation sites excluding steroid dienone is 1. The van der Waals surface area contributed by atoms with Crippen LogP contribution in [0.3, 0.4) is 0 Å². The largest absolute Gasteiger partial charge is 0.339 e. The second kappa shape index (κ2) is 5.81. The molecule has 0 aromatic heterocycles.